The van der Waals surface area contributed by atoms with Crippen LogP contribution in [0.2, 0.25) is 5.02 Å². The van der Waals surface area contributed by atoms with E-state index in [2.05, 4.69) is 49.6 Å². The fourth-order valence-corrected chi connectivity index (χ4v) is 2.80. The summed E-state index contributed by atoms with van der Waals surface area (Å²) in [6.45, 7) is 6.32. The first-order valence-corrected chi connectivity index (χ1v) is 7.64. The molecule has 0 radical (unpaired) electrons. The molecule has 0 fully saturated rings. The summed E-state index contributed by atoms with van der Waals surface area (Å²) in [5.41, 5.74) is 4.66. The Morgan fingerprint density at radius 2 is 1.90 bits per heavy atom. The van der Waals surface area contributed by atoms with Crippen LogP contribution in [0.3, 0.4) is 0 Å². The maximum atomic E-state index is 5.96. The van der Waals surface area contributed by atoms with Crippen LogP contribution < -0.4 is 10.6 Å². The SMILES string of the molecule is Cc1ccc(C(C)NC(=S)Nc2cccc(Cl)c2)c(C)c1. The maximum absolute atomic E-state index is 5.96. The Labute approximate surface area is 136 Å². The molecule has 0 aliphatic rings. The standard InChI is InChI=1S/C17H19ClN2S/c1-11-7-8-16(12(2)9-11)13(3)19-17(21)20-15-6-4-5-14(18)10-15/h4-10,13H,1-3H3,(H2,19,20,21). The molecule has 21 heavy (non-hydrogen) atoms. The second-order valence-corrected chi connectivity index (χ2v) is 6.04. The highest BCUT2D eigenvalue weighted by atomic mass is 35.5. The summed E-state index contributed by atoms with van der Waals surface area (Å²) in [7, 11) is 0. The molecule has 4 heteroatoms. The van der Waals surface area contributed by atoms with Gasteiger partial charge in [-0.1, -0.05) is 41.4 Å². The number of anilines is 1. The molecule has 2 N–H and O–H groups in total. The minimum Gasteiger partial charge on any atom is -0.356 e. The molecule has 2 aromatic rings. The van der Waals surface area contributed by atoms with E-state index in [0.29, 0.717) is 10.1 Å². The van der Waals surface area contributed by atoms with Crippen LogP contribution in [0.5, 0.6) is 0 Å². The molecule has 1 unspecified atom stereocenters. The normalized spacial score (nSPS) is 11.8. The highest BCUT2D eigenvalue weighted by Crippen LogP contribution is 2.19. The summed E-state index contributed by atoms with van der Waals surface area (Å²) in [5, 5.41) is 7.72. The first kappa shape index (κ1) is 15.8. The fourth-order valence-electron chi connectivity index (χ4n) is 2.32. The molecule has 110 valence electrons. The Kier molecular flexibility index (Phi) is 5.21. The van der Waals surface area contributed by atoms with E-state index in [1.165, 1.54) is 16.7 Å². The second-order valence-electron chi connectivity index (χ2n) is 5.19. The van der Waals surface area contributed by atoms with Crippen molar-refractivity contribution in [1.82, 2.24) is 5.32 Å². The summed E-state index contributed by atoms with van der Waals surface area (Å²) in [6, 6.07) is 14.1. The average molecular weight is 319 g/mol. The van der Waals surface area contributed by atoms with Crippen molar-refractivity contribution in [3.8, 4) is 0 Å². The van der Waals surface area contributed by atoms with Crippen molar-refractivity contribution < 1.29 is 0 Å². The monoisotopic (exact) mass is 318 g/mol. The second kappa shape index (κ2) is 6.92. The third-order valence-electron chi connectivity index (χ3n) is 3.32. The molecule has 0 bridgehead atoms. The molecule has 2 aromatic carbocycles. The highest BCUT2D eigenvalue weighted by molar-refractivity contribution is 7.80. The number of rotatable bonds is 3. The lowest BCUT2D eigenvalue weighted by Gasteiger charge is -2.19. The highest BCUT2D eigenvalue weighted by Gasteiger charge is 2.09. The zero-order valence-corrected chi connectivity index (χ0v) is 14.0. The van der Waals surface area contributed by atoms with E-state index >= 15 is 0 Å². The van der Waals surface area contributed by atoms with Crippen molar-refractivity contribution in [3.63, 3.8) is 0 Å². The molecular weight excluding hydrogens is 300 g/mol. The number of halogens is 1. The Morgan fingerprint density at radius 3 is 2.57 bits per heavy atom. The van der Waals surface area contributed by atoms with Crippen molar-refractivity contribution in [1.29, 1.82) is 0 Å². The van der Waals surface area contributed by atoms with Crippen molar-refractivity contribution in [2.24, 2.45) is 0 Å². The van der Waals surface area contributed by atoms with Crippen LogP contribution in [0.25, 0.3) is 0 Å². The number of nitrogens with one attached hydrogen (secondary N) is 2. The van der Waals surface area contributed by atoms with Crippen LogP contribution in [0.4, 0.5) is 5.69 Å². The molecule has 0 spiro atoms. The number of hydrogen-bond donors (Lipinski definition) is 2. The van der Waals surface area contributed by atoms with Gasteiger partial charge in [-0.05, 0) is 62.3 Å². The van der Waals surface area contributed by atoms with Crippen LogP contribution in [-0.4, -0.2) is 5.11 Å². The van der Waals surface area contributed by atoms with Gasteiger partial charge in [-0.2, -0.15) is 0 Å². The summed E-state index contributed by atoms with van der Waals surface area (Å²) in [4.78, 5) is 0. The Bertz CT molecular complexity index is 655. The molecule has 2 nitrogen and oxygen atoms in total. The van der Waals surface area contributed by atoms with Gasteiger partial charge in [-0.3, -0.25) is 0 Å². The zero-order valence-electron chi connectivity index (χ0n) is 12.4. The van der Waals surface area contributed by atoms with Gasteiger partial charge in [0.05, 0.1) is 6.04 Å². The van der Waals surface area contributed by atoms with Crippen molar-refractivity contribution in [3.05, 3.63) is 64.2 Å². The summed E-state index contributed by atoms with van der Waals surface area (Å²) in [6.07, 6.45) is 0. The van der Waals surface area contributed by atoms with Crippen molar-refractivity contribution in [2.75, 3.05) is 5.32 Å². The van der Waals surface area contributed by atoms with E-state index in [-0.39, 0.29) is 6.04 Å². The van der Waals surface area contributed by atoms with E-state index in [0.717, 1.165) is 5.69 Å². The van der Waals surface area contributed by atoms with Crippen molar-refractivity contribution >= 4 is 34.6 Å². The number of aryl methyl sites for hydroxylation is 2. The topological polar surface area (TPSA) is 24.1 Å². The van der Waals surface area contributed by atoms with E-state index in [1.807, 2.05) is 24.3 Å². The minimum atomic E-state index is 0.143. The maximum Gasteiger partial charge on any atom is 0.171 e. The van der Waals surface area contributed by atoms with Gasteiger partial charge in [-0.15, -0.1) is 0 Å². The average Bonchev–Trinajstić information content (AvgIpc) is 2.38. The Balaban J connectivity index is 2.02. The van der Waals surface area contributed by atoms with Gasteiger partial charge in [-0.25, -0.2) is 0 Å². The summed E-state index contributed by atoms with van der Waals surface area (Å²) < 4.78 is 0. The molecule has 0 aliphatic carbocycles. The molecule has 0 saturated carbocycles. The van der Waals surface area contributed by atoms with Gasteiger partial charge >= 0.3 is 0 Å². The smallest absolute Gasteiger partial charge is 0.171 e. The number of hydrogen-bond acceptors (Lipinski definition) is 1. The molecule has 0 aliphatic heterocycles. The van der Waals surface area contributed by atoms with E-state index in [9.17, 15) is 0 Å². The molecular formula is C17H19ClN2S. The predicted molar refractivity (Wildman–Crippen MR) is 95.1 cm³/mol. The summed E-state index contributed by atoms with van der Waals surface area (Å²) in [5.74, 6) is 0. The lowest BCUT2D eigenvalue weighted by atomic mass is 10.0. The van der Waals surface area contributed by atoms with E-state index < -0.39 is 0 Å². The van der Waals surface area contributed by atoms with Crippen molar-refractivity contribution in [2.45, 2.75) is 26.8 Å². The molecule has 1 atom stereocenters. The van der Waals surface area contributed by atoms with Gasteiger partial charge in [0.25, 0.3) is 0 Å². The third kappa shape index (κ3) is 4.45. The lowest BCUT2D eigenvalue weighted by molar-refractivity contribution is 0.717. The van der Waals surface area contributed by atoms with Crippen LogP contribution in [0.1, 0.15) is 29.7 Å². The first-order chi connectivity index (χ1) is 9.95. The van der Waals surface area contributed by atoms with Gasteiger partial charge in [0.1, 0.15) is 0 Å². The zero-order chi connectivity index (χ0) is 15.4. The summed E-state index contributed by atoms with van der Waals surface area (Å²) >= 11 is 11.3. The minimum absolute atomic E-state index is 0.143. The molecule has 0 heterocycles. The first-order valence-electron chi connectivity index (χ1n) is 6.86. The van der Waals surface area contributed by atoms with Crippen LogP contribution >= 0.6 is 23.8 Å². The van der Waals surface area contributed by atoms with E-state index in [4.69, 9.17) is 23.8 Å². The Morgan fingerprint density at radius 1 is 1.14 bits per heavy atom. The largest absolute Gasteiger partial charge is 0.356 e. The fraction of sp³-hybridized carbons (Fsp3) is 0.235. The van der Waals surface area contributed by atoms with Crippen LogP contribution in [0.15, 0.2) is 42.5 Å². The quantitative estimate of drug-likeness (QED) is 0.778. The van der Waals surface area contributed by atoms with E-state index in [1.54, 1.807) is 0 Å². The van der Waals surface area contributed by atoms with Gasteiger partial charge in [0, 0.05) is 10.7 Å². The predicted octanol–water partition coefficient (Wildman–Crippen LogP) is 5.00. The van der Waals surface area contributed by atoms with Gasteiger partial charge in [0.2, 0.25) is 0 Å². The van der Waals surface area contributed by atoms with Gasteiger partial charge < -0.3 is 10.6 Å². The van der Waals surface area contributed by atoms with Crippen LogP contribution in [-0.2, 0) is 0 Å². The lowest BCUT2D eigenvalue weighted by Crippen LogP contribution is -2.31. The Hall–Kier alpha value is -1.58. The van der Waals surface area contributed by atoms with Crippen LogP contribution in [0, 0.1) is 13.8 Å². The van der Waals surface area contributed by atoms with Gasteiger partial charge in [0.15, 0.2) is 5.11 Å². The molecule has 0 saturated heterocycles. The number of benzene rings is 2. The number of thiocarbonyl (C=S) groups is 1. The third-order valence-corrected chi connectivity index (χ3v) is 3.78. The molecule has 2 rings (SSSR count). The molecule has 0 amide bonds. The molecule has 0 aromatic heterocycles.